The van der Waals surface area contributed by atoms with Crippen molar-refractivity contribution < 1.29 is 4.79 Å². The molecule has 0 radical (unpaired) electrons. The first-order valence-corrected chi connectivity index (χ1v) is 7.02. The number of hydrogen-bond donors (Lipinski definition) is 1. The van der Waals surface area contributed by atoms with Crippen LogP contribution in [-0.2, 0) is 4.79 Å². The molecule has 1 heterocycles. The van der Waals surface area contributed by atoms with Crippen LogP contribution in [0.3, 0.4) is 0 Å². The fourth-order valence-electron chi connectivity index (χ4n) is 2.71. The molecule has 1 unspecified atom stereocenters. The zero-order chi connectivity index (χ0) is 12.9. The Labute approximate surface area is 106 Å². The minimum absolute atomic E-state index is 0.0898. The second kappa shape index (κ2) is 6.39. The van der Waals surface area contributed by atoms with Crippen molar-refractivity contribution in [3.8, 4) is 0 Å². The molecule has 100 valence electrons. The third kappa shape index (κ3) is 3.44. The maximum Gasteiger partial charge on any atom is 0.228 e. The van der Waals surface area contributed by atoms with E-state index < -0.39 is 0 Å². The first kappa shape index (κ1) is 14.5. The van der Waals surface area contributed by atoms with Gasteiger partial charge in [-0.2, -0.15) is 0 Å². The molecule has 1 aliphatic rings. The number of piperidine rings is 1. The first-order chi connectivity index (χ1) is 8.05. The van der Waals surface area contributed by atoms with Gasteiger partial charge in [-0.3, -0.25) is 4.79 Å². The molecule has 1 aliphatic heterocycles. The Hall–Kier alpha value is -0.570. The van der Waals surface area contributed by atoms with Gasteiger partial charge in [0, 0.05) is 13.6 Å². The fraction of sp³-hybridized carbons (Fsp3) is 0.929. The molecule has 0 aromatic carbocycles. The molecular formula is C14H28N2O. The van der Waals surface area contributed by atoms with Crippen molar-refractivity contribution in [2.45, 2.75) is 46.5 Å². The van der Waals surface area contributed by atoms with E-state index in [2.05, 4.69) is 26.1 Å². The third-order valence-electron chi connectivity index (χ3n) is 4.32. The standard InChI is InChI=1S/C14H28N2O/c1-5-12(3)11-16(4)13(17)14(6-2)7-9-15-10-8-14/h12,15H,5-11H2,1-4H3. The molecule has 1 atom stereocenters. The molecule has 0 bridgehead atoms. The van der Waals surface area contributed by atoms with E-state index >= 15 is 0 Å². The zero-order valence-corrected chi connectivity index (χ0v) is 11.9. The average molecular weight is 240 g/mol. The van der Waals surface area contributed by atoms with E-state index in [0.717, 1.165) is 45.3 Å². The monoisotopic (exact) mass is 240 g/mol. The molecule has 0 aromatic heterocycles. The van der Waals surface area contributed by atoms with E-state index in [1.54, 1.807) is 0 Å². The first-order valence-electron chi connectivity index (χ1n) is 7.02. The zero-order valence-electron chi connectivity index (χ0n) is 11.9. The van der Waals surface area contributed by atoms with Crippen LogP contribution in [0.25, 0.3) is 0 Å². The van der Waals surface area contributed by atoms with Crippen LogP contribution in [0, 0.1) is 11.3 Å². The maximum atomic E-state index is 12.6. The predicted octanol–water partition coefficient (Wildman–Crippen LogP) is 2.27. The van der Waals surface area contributed by atoms with Crippen molar-refractivity contribution in [2.24, 2.45) is 11.3 Å². The summed E-state index contributed by atoms with van der Waals surface area (Å²) in [5.41, 5.74) is -0.0898. The second-order valence-corrected chi connectivity index (χ2v) is 5.58. The van der Waals surface area contributed by atoms with Gasteiger partial charge in [-0.1, -0.05) is 27.2 Å². The Morgan fingerprint density at radius 2 is 1.94 bits per heavy atom. The lowest BCUT2D eigenvalue weighted by Crippen LogP contribution is -2.48. The number of hydrogen-bond acceptors (Lipinski definition) is 2. The van der Waals surface area contributed by atoms with Gasteiger partial charge in [-0.25, -0.2) is 0 Å². The molecule has 0 aromatic rings. The summed E-state index contributed by atoms with van der Waals surface area (Å²) in [6, 6.07) is 0. The van der Waals surface area contributed by atoms with Crippen molar-refractivity contribution in [2.75, 3.05) is 26.7 Å². The largest absolute Gasteiger partial charge is 0.345 e. The highest BCUT2D eigenvalue weighted by atomic mass is 16.2. The molecule has 0 saturated carbocycles. The number of nitrogens with one attached hydrogen (secondary N) is 1. The van der Waals surface area contributed by atoms with Gasteiger partial charge in [-0.05, 0) is 38.3 Å². The van der Waals surface area contributed by atoms with E-state index in [1.165, 1.54) is 0 Å². The molecule has 17 heavy (non-hydrogen) atoms. The van der Waals surface area contributed by atoms with Gasteiger partial charge in [-0.15, -0.1) is 0 Å². The summed E-state index contributed by atoms with van der Waals surface area (Å²) in [5.74, 6) is 0.960. The van der Waals surface area contributed by atoms with E-state index in [0.29, 0.717) is 11.8 Å². The van der Waals surface area contributed by atoms with E-state index in [4.69, 9.17) is 0 Å². The fourth-order valence-corrected chi connectivity index (χ4v) is 2.71. The van der Waals surface area contributed by atoms with Crippen molar-refractivity contribution in [3.05, 3.63) is 0 Å². The highest BCUT2D eigenvalue weighted by molar-refractivity contribution is 5.82. The van der Waals surface area contributed by atoms with Gasteiger partial charge in [0.2, 0.25) is 5.91 Å². The molecule has 0 aliphatic carbocycles. The van der Waals surface area contributed by atoms with Gasteiger partial charge in [0.25, 0.3) is 0 Å². The van der Waals surface area contributed by atoms with Crippen LogP contribution >= 0.6 is 0 Å². The lowest BCUT2D eigenvalue weighted by Gasteiger charge is -2.39. The Balaban J connectivity index is 2.64. The maximum absolute atomic E-state index is 12.6. The normalized spacial score (nSPS) is 20.9. The molecule has 1 amide bonds. The Morgan fingerprint density at radius 1 is 1.35 bits per heavy atom. The Kier molecular flexibility index (Phi) is 5.44. The molecule has 3 nitrogen and oxygen atoms in total. The van der Waals surface area contributed by atoms with E-state index in [1.807, 2.05) is 11.9 Å². The number of carbonyl (C=O) groups is 1. The number of amides is 1. The molecular weight excluding hydrogens is 212 g/mol. The van der Waals surface area contributed by atoms with Crippen molar-refractivity contribution in [1.29, 1.82) is 0 Å². The minimum atomic E-state index is -0.0898. The quantitative estimate of drug-likeness (QED) is 0.799. The van der Waals surface area contributed by atoms with Gasteiger partial charge < -0.3 is 10.2 Å². The van der Waals surface area contributed by atoms with E-state index in [-0.39, 0.29) is 5.41 Å². The average Bonchev–Trinajstić information content (AvgIpc) is 2.38. The lowest BCUT2D eigenvalue weighted by molar-refractivity contribution is -0.143. The highest BCUT2D eigenvalue weighted by Crippen LogP contribution is 2.34. The molecule has 1 saturated heterocycles. The second-order valence-electron chi connectivity index (χ2n) is 5.58. The van der Waals surface area contributed by atoms with Crippen LogP contribution in [0.15, 0.2) is 0 Å². The van der Waals surface area contributed by atoms with Gasteiger partial charge in [0.05, 0.1) is 5.41 Å². The summed E-state index contributed by atoms with van der Waals surface area (Å²) in [7, 11) is 1.97. The van der Waals surface area contributed by atoms with Crippen LogP contribution in [0.5, 0.6) is 0 Å². The smallest absolute Gasteiger partial charge is 0.228 e. The van der Waals surface area contributed by atoms with Crippen LogP contribution in [0.4, 0.5) is 0 Å². The van der Waals surface area contributed by atoms with Crippen LogP contribution in [0.1, 0.15) is 46.5 Å². The Morgan fingerprint density at radius 3 is 2.41 bits per heavy atom. The molecule has 3 heteroatoms. The van der Waals surface area contributed by atoms with Crippen molar-refractivity contribution >= 4 is 5.91 Å². The van der Waals surface area contributed by atoms with Gasteiger partial charge in [0.15, 0.2) is 0 Å². The van der Waals surface area contributed by atoms with Gasteiger partial charge in [0.1, 0.15) is 0 Å². The summed E-state index contributed by atoms with van der Waals surface area (Å²) >= 11 is 0. The highest BCUT2D eigenvalue weighted by Gasteiger charge is 2.39. The predicted molar refractivity (Wildman–Crippen MR) is 71.9 cm³/mol. The number of rotatable bonds is 5. The summed E-state index contributed by atoms with van der Waals surface area (Å²) < 4.78 is 0. The summed E-state index contributed by atoms with van der Waals surface area (Å²) in [5, 5.41) is 3.35. The summed E-state index contributed by atoms with van der Waals surface area (Å²) in [6.45, 7) is 9.41. The van der Waals surface area contributed by atoms with Crippen molar-refractivity contribution in [1.82, 2.24) is 10.2 Å². The minimum Gasteiger partial charge on any atom is -0.345 e. The summed E-state index contributed by atoms with van der Waals surface area (Å²) in [6.07, 6.45) is 4.09. The summed E-state index contributed by atoms with van der Waals surface area (Å²) in [4.78, 5) is 14.6. The van der Waals surface area contributed by atoms with Crippen LogP contribution in [-0.4, -0.2) is 37.5 Å². The number of nitrogens with zero attached hydrogens (tertiary/aromatic N) is 1. The topological polar surface area (TPSA) is 32.3 Å². The lowest BCUT2D eigenvalue weighted by atomic mass is 9.75. The molecule has 1 N–H and O–H groups in total. The SMILES string of the molecule is CCC(C)CN(C)C(=O)C1(CC)CCNCC1. The molecule has 1 fully saturated rings. The number of carbonyl (C=O) groups excluding carboxylic acids is 1. The van der Waals surface area contributed by atoms with Crippen LogP contribution < -0.4 is 5.32 Å². The van der Waals surface area contributed by atoms with Crippen LogP contribution in [0.2, 0.25) is 0 Å². The van der Waals surface area contributed by atoms with Crippen molar-refractivity contribution in [3.63, 3.8) is 0 Å². The molecule has 0 spiro atoms. The Bertz CT molecular complexity index is 247. The third-order valence-corrected chi connectivity index (χ3v) is 4.32. The van der Waals surface area contributed by atoms with E-state index in [9.17, 15) is 4.79 Å². The molecule has 1 rings (SSSR count). The van der Waals surface area contributed by atoms with Gasteiger partial charge >= 0.3 is 0 Å².